The maximum absolute atomic E-state index is 12.4. The lowest BCUT2D eigenvalue weighted by Gasteiger charge is -2.28. The number of halogens is 1. The lowest BCUT2D eigenvalue weighted by molar-refractivity contribution is 0.101. The highest BCUT2D eigenvalue weighted by Gasteiger charge is 2.22. The number of hydrogen-bond donors (Lipinski definition) is 1. The third-order valence-electron chi connectivity index (χ3n) is 4.12. The Bertz CT molecular complexity index is 807. The lowest BCUT2D eigenvalue weighted by atomic mass is 9.99. The number of nitrogens with one attached hydrogen (secondary N) is 1. The molecule has 1 N–H and O–H groups in total. The number of carbonyl (C=O) groups is 2. The molecule has 0 atom stereocenters. The molecule has 25 heavy (non-hydrogen) atoms. The van der Waals surface area contributed by atoms with Crippen molar-refractivity contribution in [2.24, 2.45) is 0 Å². The highest BCUT2D eigenvalue weighted by atomic mass is 35.5. The molecular formula is C19H19ClN2O3. The Balaban J connectivity index is 1.75. The van der Waals surface area contributed by atoms with Crippen molar-refractivity contribution < 1.29 is 14.3 Å². The Morgan fingerprint density at radius 3 is 2.76 bits per heavy atom. The smallest absolute Gasteiger partial charge is 0.410 e. The van der Waals surface area contributed by atoms with E-state index in [9.17, 15) is 9.59 Å². The summed E-state index contributed by atoms with van der Waals surface area (Å²) >= 11 is 6.07. The van der Waals surface area contributed by atoms with E-state index < -0.39 is 0 Å². The quantitative estimate of drug-likeness (QED) is 0.898. The molecule has 2 aromatic rings. The minimum absolute atomic E-state index is 0.261. The van der Waals surface area contributed by atoms with Gasteiger partial charge in [-0.15, -0.1) is 0 Å². The highest BCUT2D eigenvalue weighted by molar-refractivity contribution is 6.34. The van der Waals surface area contributed by atoms with E-state index in [1.54, 1.807) is 36.1 Å². The molecule has 1 aliphatic rings. The van der Waals surface area contributed by atoms with Crippen LogP contribution in [0.2, 0.25) is 5.02 Å². The van der Waals surface area contributed by atoms with Crippen molar-refractivity contribution in [1.29, 1.82) is 0 Å². The molecule has 2 aromatic carbocycles. The van der Waals surface area contributed by atoms with Crippen LogP contribution in [0.1, 0.15) is 28.4 Å². The van der Waals surface area contributed by atoms with Gasteiger partial charge in [-0.1, -0.05) is 29.8 Å². The minimum atomic E-state index is -0.307. The van der Waals surface area contributed by atoms with Gasteiger partial charge in [0.25, 0.3) is 5.91 Å². The van der Waals surface area contributed by atoms with E-state index in [0.717, 1.165) is 12.0 Å². The number of ether oxygens (including phenoxy) is 1. The summed E-state index contributed by atoms with van der Waals surface area (Å²) in [4.78, 5) is 26.0. The number of anilines is 1. The van der Waals surface area contributed by atoms with Gasteiger partial charge in [-0.2, -0.15) is 0 Å². The maximum Gasteiger partial charge on any atom is 0.410 e. The molecule has 2 amide bonds. The third-order valence-corrected chi connectivity index (χ3v) is 4.45. The van der Waals surface area contributed by atoms with Crippen molar-refractivity contribution in [3.63, 3.8) is 0 Å². The van der Waals surface area contributed by atoms with Gasteiger partial charge in [0.2, 0.25) is 0 Å². The fourth-order valence-electron chi connectivity index (χ4n) is 2.85. The Hall–Kier alpha value is -2.53. The van der Waals surface area contributed by atoms with Gasteiger partial charge in [-0.3, -0.25) is 4.79 Å². The lowest BCUT2D eigenvalue weighted by Crippen LogP contribution is -2.36. The number of hydrogen-bond acceptors (Lipinski definition) is 3. The Morgan fingerprint density at radius 1 is 1.20 bits per heavy atom. The van der Waals surface area contributed by atoms with Crippen molar-refractivity contribution in [1.82, 2.24) is 4.90 Å². The molecule has 0 spiro atoms. The van der Waals surface area contributed by atoms with E-state index in [2.05, 4.69) is 5.32 Å². The second-order valence-electron chi connectivity index (χ2n) is 5.79. The van der Waals surface area contributed by atoms with E-state index in [0.29, 0.717) is 36.0 Å². The van der Waals surface area contributed by atoms with Crippen LogP contribution in [0.15, 0.2) is 42.5 Å². The summed E-state index contributed by atoms with van der Waals surface area (Å²) in [6.45, 7) is 3.26. The van der Waals surface area contributed by atoms with Crippen LogP contribution in [0.3, 0.4) is 0 Å². The Kier molecular flexibility index (Phi) is 5.24. The zero-order chi connectivity index (χ0) is 17.8. The van der Waals surface area contributed by atoms with Crippen molar-refractivity contribution >= 4 is 29.3 Å². The summed E-state index contributed by atoms with van der Waals surface area (Å²) in [7, 11) is 0. The molecule has 6 heteroatoms. The molecule has 0 saturated heterocycles. The third kappa shape index (κ3) is 3.94. The van der Waals surface area contributed by atoms with Crippen LogP contribution in [0.5, 0.6) is 0 Å². The van der Waals surface area contributed by atoms with Gasteiger partial charge in [0.05, 0.1) is 17.2 Å². The number of carbonyl (C=O) groups excluding carboxylic acids is 2. The molecular weight excluding hydrogens is 340 g/mol. The molecule has 0 aromatic heterocycles. The topological polar surface area (TPSA) is 58.6 Å². The SMILES string of the molecule is CCOC(=O)N1CCc2ccc(NC(=O)c3ccccc3Cl)cc2C1. The molecule has 5 nitrogen and oxygen atoms in total. The van der Waals surface area contributed by atoms with Crippen molar-refractivity contribution in [3.8, 4) is 0 Å². The summed E-state index contributed by atoms with van der Waals surface area (Å²) in [5, 5.41) is 3.27. The van der Waals surface area contributed by atoms with Gasteiger partial charge >= 0.3 is 6.09 Å². The monoisotopic (exact) mass is 358 g/mol. The molecule has 1 aliphatic heterocycles. The Labute approximate surface area is 151 Å². The average molecular weight is 359 g/mol. The second-order valence-corrected chi connectivity index (χ2v) is 6.20. The fraction of sp³-hybridized carbons (Fsp3) is 0.263. The summed E-state index contributed by atoms with van der Waals surface area (Å²) in [5.74, 6) is -0.261. The van der Waals surface area contributed by atoms with Gasteiger partial charge in [-0.25, -0.2) is 4.79 Å². The highest BCUT2D eigenvalue weighted by Crippen LogP contribution is 2.24. The van der Waals surface area contributed by atoms with E-state index in [1.165, 1.54) is 5.56 Å². The van der Waals surface area contributed by atoms with Crippen LogP contribution in [0.4, 0.5) is 10.5 Å². The largest absolute Gasteiger partial charge is 0.450 e. The summed E-state index contributed by atoms with van der Waals surface area (Å²) in [6, 6.07) is 12.7. The first-order valence-corrected chi connectivity index (χ1v) is 8.55. The first kappa shape index (κ1) is 17.3. The molecule has 1 heterocycles. The number of rotatable bonds is 3. The van der Waals surface area contributed by atoms with Crippen molar-refractivity contribution in [2.75, 3.05) is 18.5 Å². The van der Waals surface area contributed by atoms with Crippen LogP contribution < -0.4 is 5.32 Å². The van der Waals surface area contributed by atoms with E-state index >= 15 is 0 Å². The van der Waals surface area contributed by atoms with E-state index in [4.69, 9.17) is 16.3 Å². The fourth-order valence-corrected chi connectivity index (χ4v) is 3.07. The summed E-state index contributed by atoms with van der Waals surface area (Å²) in [6.07, 6.45) is 0.464. The summed E-state index contributed by atoms with van der Waals surface area (Å²) in [5.41, 5.74) is 3.29. The molecule has 0 bridgehead atoms. The summed E-state index contributed by atoms with van der Waals surface area (Å²) < 4.78 is 5.06. The van der Waals surface area contributed by atoms with E-state index in [1.807, 2.05) is 18.2 Å². The van der Waals surface area contributed by atoms with Crippen LogP contribution in [0, 0.1) is 0 Å². The number of nitrogens with zero attached hydrogens (tertiary/aromatic N) is 1. The second kappa shape index (κ2) is 7.57. The first-order chi connectivity index (χ1) is 12.1. The standard InChI is InChI=1S/C19H19ClN2O3/c1-2-25-19(24)22-10-9-13-7-8-15(11-14(13)12-22)21-18(23)16-5-3-4-6-17(16)20/h3-8,11H,2,9-10,12H2,1H3,(H,21,23). The van der Waals surface area contributed by atoms with Gasteiger partial charge in [0.1, 0.15) is 0 Å². The molecule has 3 rings (SSSR count). The van der Waals surface area contributed by atoms with Crippen LogP contribution >= 0.6 is 11.6 Å². The van der Waals surface area contributed by atoms with Crippen LogP contribution in [0.25, 0.3) is 0 Å². The minimum Gasteiger partial charge on any atom is -0.450 e. The average Bonchev–Trinajstić information content (AvgIpc) is 2.61. The number of amides is 2. The molecule has 0 radical (unpaired) electrons. The van der Waals surface area contributed by atoms with Crippen molar-refractivity contribution in [3.05, 3.63) is 64.2 Å². The maximum atomic E-state index is 12.4. The molecule has 0 aliphatic carbocycles. The zero-order valence-electron chi connectivity index (χ0n) is 13.9. The van der Waals surface area contributed by atoms with Crippen LogP contribution in [-0.2, 0) is 17.7 Å². The normalized spacial score (nSPS) is 13.1. The van der Waals surface area contributed by atoms with Gasteiger partial charge in [0.15, 0.2) is 0 Å². The molecule has 130 valence electrons. The number of fused-ring (bicyclic) bond motifs is 1. The van der Waals surface area contributed by atoms with E-state index in [-0.39, 0.29) is 12.0 Å². The van der Waals surface area contributed by atoms with Gasteiger partial charge in [-0.05, 0) is 48.7 Å². The van der Waals surface area contributed by atoms with Gasteiger partial charge in [0, 0.05) is 18.8 Å². The zero-order valence-corrected chi connectivity index (χ0v) is 14.7. The predicted molar refractivity (Wildman–Crippen MR) is 97.0 cm³/mol. The molecule has 0 unspecified atom stereocenters. The predicted octanol–water partition coefficient (Wildman–Crippen LogP) is 4.11. The molecule has 0 saturated carbocycles. The van der Waals surface area contributed by atoms with Gasteiger partial charge < -0.3 is 15.0 Å². The van der Waals surface area contributed by atoms with Crippen molar-refractivity contribution in [2.45, 2.75) is 19.9 Å². The first-order valence-electron chi connectivity index (χ1n) is 8.18. The molecule has 0 fully saturated rings. The Morgan fingerprint density at radius 2 is 2.00 bits per heavy atom. The number of benzene rings is 2. The van der Waals surface area contributed by atoms with Crippen LogP contribution in [-0.4, -0.2) is 30.1 Å².